The first-order valence-corrected chi connectivity index (χ1v) is 6.55. The zero-order chi connectivity index (χ0) is 12.9. The smallest absolute Gasteiger partial charge is 0.122 e. The first-order chi connectivity index (χ1) is 8.54. The number of anilines is 1. The standard InChI is InChI=1S/C16H19NO/c1-4-17-10-16(2,3)14-13(18)9-11-7-5-6-8-12(11)15(14)17/h5-9,18H,4,10H2,1-3H3. The minimum atomic E-state index is 0.0134. The number of benzene rings is 2. The van der Waals surface area contributed by atoms with Crippen molar-refractivity contribution in [1.82, 2.24) is 0 Å². The Morgan fingerprint density at radius 3 is 2.72 bits per heavy atom. The van der Waals surface area contributed by atoms with Crippen molar-refractivity contribution in [3.05, 3.63) is 35.9 Å². The number of hydrogen-bond donors (Lipinski definition) is 1. The molecule has 0 aliphatic carbocycles. The van der Waals surface area contributed by atoms with Gasteiger partial charge >= 0.3 is 0 Å². The van der Waals surface area contributed by atoms with Crippen LogP contribution < -0.4 is 4.90 Å². The van der Waals surface area contributed by atoms with Crippen molar-refractivity contribution in [3.63, 3.8) is 0 Å². The molecule has 18 heavy (non-hydrogen) atoms. The number of phenols is 1. The molecule has 0 atom stereocenters. The van der Waals surface area contributed by atoms with Crippen LogP contribution in [-0.2, 0) is 5.41 Å². The summed E-state index contributed by atoms with van der Waals surface area (Å²) in [6.45, 7) is 8.53. The summed E-state index contributed by atoms with van der Waals surface area (Å²) in [5, 5.41) is 12.7. The summed E-state index contributed by atoms with van der Waals surface area (Å²) in [5.74, 6) is 0.435. The van der Waals surface area contributed by atoms with Crippen LogP contribution in [0, 0.1) is 0 Å². The zero-order valence-electron chi connectivity index (χ0n) is 11.2. The van der Waals surface area contributed by atoms with Crippen LogP contribution >= 0.6 is 0 Å². The minimum absolute atomic E-state index is 0.0134. The normalized spacial score (nSPS) is 17.2. The van der Waals surface area contributed by atoms with Crippen molar-refractivity contribution < 1.29 is 5.11 Å². The minimum Gasteiger partial charge on any atom is -0.508 e. The van der Waals surface area contributed by atoms with E-state index in [2.05, 4.69) is 43.9 Å². The maximum absolute atomic E-state index is 10.4. The molecule has 94 valence electrons. The number of phenolic OH excluding ortho intramolecular Hbond substituents is 1. The molecular formula is C16H19NO. The molecular weight excluding hydrogens is 222 g/mol. The second-order valence-corrected chi connectivity index (χ2v) is 5.74. The van der Waals surface area contributed by atoms with Crippen LogP contribution in [0.25, 0.3) is 10.8 Å². The quantitative estimate of drug-likeness (QED) is 0.823. The molecule has 0 saturated carbocycles. The highest BCUT2D eigenvalue weighted by Gasteiger charge is 2.38. The molecule has 2 aromatic rings. The lowest BCUT2D eigenvalue weighted by Gasteiger charge is -2.20. The summed E-state index contributed by atoms with van der Waals surface area (Å²) in [4.78, 5) is 2.37. The first kappa shape index (κ1) is 11.4. The van der Waals surface area contributed by atoms with E-state index in [4.69, 9.17) is 0 Å². The highest BCUT2D eigenvalue weighted by atomic mass is 16.3. The van der Waals surface area contributed by atoms with Gasteiger partial charge in [-0.15, -0.1) is 0 Å². The molecule has 1 heterocycles. The Bertz CT molecular complexity index is 616. The van der Waals surface area contributed by atoms with Crippen LogP contribution in [0.4, 0.5) is 5.69 Å². The van der Waals surface area contributed by atoms with E-state index >= 15 is 0 Å². The number of fused-ring (bicyclic) bond motifs is 3. The fourth-order valence-electron chi connectivity index (χ4n) is 3.21. The Kier molecular flexibility index (Phi) is 2.31. The van der Waals surface area contributed by atoms with Gasteiger partial charge in [0.05, 0.1) is 5.69 Å². The lowest BCUT2D eigenvalue weighted by atomic mass is 9.85. The fourth-order valence-corrected chi connectivity index (χ4v) is 3.21. The average Bonchev–Trinajstić information content (AvgIpc) is 2.62. The molecule has 0 aromatic heterocycles. The third-order valence-electron chi connectivity index (χ3n) is 3.96. The van der Waals surface area contributed by atoms with Crippen LogP contribution in [0.15, 0.2) is 30.3 Å². The number of nitrogens with zero attached hydrogens (tertiary/aromatic N) is 1. The van der Waals surface area contributed by atoms with Gasteiger partial charge in [0.2, 0.25) is 0 Å². The molecule has 0 bridgehead atoms. The summed E-state index contributed by atoms with van der Waals surface area (Å²) < 4.78 is 0. The van der Waals surface area contributed by atoms with Gasteiger partial charge in [-0.3, -0.25) is 0 Å². The molecule has 2 nitrogen and oxygen atoms in total. The Morgan fingerprint density at radius 1 is 1.28 bits per heavy atom. The molecule has 2 aromatic carbocycles. The van der Waals surface area contributed by atoms with E-state index in [9.17, 15) is 5.11 Å². The lowest BCUT2D eigenvalue weighted by molar-refractivity contribution is 0.448. The molecule has 0 amide bonds. The van der Waals surface area contributed by atoms with E-state index in [1.165, 1.54) is 11.1 Å². The number of likely N-dealkylation sites (N-methyl/N-ethyl adjacent to an activating group) is 1. The van der Waals surface area contributed by atoms with E-state index in [0.29, 0.717) is 5.75 Å². The van der Waals surface area contributed by atoms with Gasteiger partial charge in [-0.05, 0) is 18.4 Å². The molecule has 2 heteroatoms. The van der Waals surface area contributed by atoms with E-state index in [1.807, 2.05) is 12.1 Å². The van der Waals surface area contributed by atoms with E-state index in [-0.39, 0.29) is 5.41 Å². The third-order valence-corrected chi connectivity index (χ3v) is 3.96. The van der Waals surface area contributed by atoms with Crippen LogP contribution in [0.2, 0.25) is 0 Å². The van der Waals surface area contributed by atoms with Gasteiger partial charge in [0.1, 0.15) is 5.75 Å². The predicted octanol–water partition coefficient (Wildman–Crippen LogP) is 3.66. The maximum atomic E-state index is 10.4. The van der Waals surface area contributed by atoms with Gasteiger partial charge in [0.15, 0.2) is 0 Å². The van der Waals surface area contributed by atoms with Gasteiger partial charge in [0.25, 0.3) is 0 Å². The summed E-state index contributed by atoms with van der Waals surface area (Å²) >= 11 is 0. The molecule has 0 radical (unpaired) electrons. The monoisotopic (exact) mass is 241 g/mol. The molecule has 0 unspecified atom stereocenters. The summed E-state index contributed by atoms with van der Waals surface area (Å²) in [7, 11) is 0. The molecule has 0 saturated heterocycles. The van der Waals surface area contributed by atoms with Gasteiger partial charge in [-0.25, -0.2) is 0 Å². The van der Waals surface area contributed by atoms with Crippen LogP contribution in [-0.4, -0.2) is 18.2 Å². The molecule has 1 aliphatic heterocycles. The molecule has 3 rings (SSSR count). The number of aromatic hydroxyl groups is 1. The van der Waals surface area contributed by atoms with Crippen LogP contribution in [0.3, 0.4) is 0 Å². The molecule has 0 fully saturated rings. The summed E-state index contributed by atoms with van der Waals surface area (Å²) in [5.41, 5.74) is 2.33. The van der Waals surface area contributed by atoms with Gasteiger partial charge in [-0.1, -0.05) is 38.1 Å². The first-order valence-electron chi connectivity index (χ1n) is 6.55. The Hall–Kier alpha value is -1.70. The van der Waals surface area contributed by atoms with Crippen molar-refractivity contribution in [2.24, 2.45) is 0 Å². The van der Waals surface area contributed by atoms with Gasteiger partial charge in [0, 0.05) is 29.5 Å². The van der Waals surface area contributed by atoms with Crippen molar-refractivity contribution in [2.75, 3.05) is 18.0 Å². The zero-order valence-corrected chi connectivity index (χ0v) is 11.2. The SMILES string of the molecule is CCN1CC(C)(C)c2c(O)cc3ccccc3c21. The van der Waals surface area contributed by atoms with Gasteiger partial charge in [-0.2, -0.15) is 0 Å². The van der Waals surface area contributed by atoms with E-state index < -0.39 is 0 Å². The number of rotatable bonds is 1. The lowest BCUT2D eigenvalue weighted by Crippen LogP contribution is -2.28. The largest absolute Gasteiger partial charge is 0.508 e. The topological polar surface area (TPSA) is 23.5 Å². The van der Waals surface area contributed by atoms with Gasteiger partial charge < -0.3 is 10.0 Å². The van der Waals surface area contributed by atoms with Crippen molar-refractivity contribution in [1.29, 1.82) is 0 Å². The second-order valence-electron chi connectivity index (χ2n) is 5.74. The van der Waals surface area contributed by atoms with Crippen LogP contribution in [0.5, 0.6) is 5.75 Å². The van der Waals surface area contributed by atoms with Crippen molar-refractivity contribution in [2.45, 2.75) is 26.2 Å². The Labute approximate surface area is 108 Å². The van der Waals surface area contributed by atoms with Crippen molar-refractivity contribution in [3.8, 4) is 5.75 Å². The summed E-state index contributed by atoms with van der Waals surface area (Å²) in [6.07, 6.45) is 0. The second kappa shape index (κ2) is 3.64. The summed E-state index contributed by atoms with van der Waals surface area (Å²) in [6, 6.07) is 10.2. The highest BCUT2D eigenvalue weighted by molar-refractivity contribution is 5.99. The highest BCUT2D eigenvalue weighted by Crippen LogP contribution is 2.49. The van der Waals surface area contributed by atoms with Crippen molar-refractivity contribution >= 4 is 16.5 Å². The van der Waals surface area contributed by atoms with E-state index in [0.717, 1.165) is 24.0 Å². The predicted molar refractivity (Wildman–Crippen MR) is 76.5 cm³/mol. The third kappa shape index (κ3) is 1.41. The number of hydrogen-bond acceptors (Lipinski definition) is 2. The average molecular weight is 241 g/mol. The molecule has 1 N–H and O–H groups in total. The fraction of sp³-hybridized carbons (Fsp3) is 0.375. The van der Waals surface area contributed by atoms with Crippen LogP contribution in [0.1, 0.15) is 26.3 Å². The molecule has 0 spiro atoms. The Morgan fingerprint density at radius 2 is 2.00 bits per heavy atom. The molecule has 1 aliphatic rings. The Balaban J connectivity index is 2.42. The van der Waals surface area contributed by atoms with E-state index in [1.54, 1.807) is 0 Å². The maximum Gasteiger partial charge on any atom is 0.122 e.